The number of nitriles is 1. The van der Waals surface area contributed by atoms with Gasteiger partial charge in [0.05, 0.1) is 24.1 Å². The van der Waals surface area contributed by atoms with E-state index in [1.807, 2.05) is 35.7 Å². The third kappa shape index (κ3) is 5.85. The van der Waals surface area contributed by atoms with Crippen LogP contribution in [0.15, 0.2) is 40.7 Å². The molecule has 0 radical (unpaired) electrons. The van der Waals surface area contributed by atoms with Crippen molar-refractivity contribution < 1.29 is 9.53 Å². The van der Waals surface area contributed by atoms with E-state index in [0.717, 1.165) is 48.4 Å². The Morgan fingerprint density at radius 3 is 2.77 bits per heavy atom. The normalized spacial score (nSPS) is 15.2. The lowest BCUT2D eigenvalue weighted by Crippen LogP contribution is -2.29. The van der Waals surface area contributed by atoms with Crippen LogP contribution in [0.3, 0.4) is 0 Å². The van der Waals surface area contributed by atoms with E-state index in [2.05, 4.69) is 37.1 Å². The van der Waals surface area contributed by atoms with Gasteiger partial charge in [-0.2, -0.15) is 5.26 Å². The Labute approximate surface area is 215 Å². The number of methoxy groups -OCH3 is 1. The molecular formula is C27H30N4O2S2. The molecule has 0 spiro atoms. The monoisotopic (exact) mass is 506 g/mol. The number of aromatic nitrogens is 2. The second kappa shape index (κ2) is 10.8. The lowest BCUT2D eigenvalue weighted by atomic mass is 9.69. The van der Waals surface area contributed by atoms with Gasteiger partial charge in [-0.3, -0.25) is 4.79 Å². The topological polar surface area (TPSA) is 87.9 Å². The Morgan fingerprint density at radius 2 is 2.09 bits per heavy atom. The number of thioether (sulfide) groups is 1. The number of anilines is 1. The number of ether oxygens (including phenoxy) is 1. The number of hydrogen-bond acceptors (Lipinski definition) is 7. The predicted octanol–water partition coefficient (Wildman–Crippen LogP) is 6.36. The molecule has 182 valence electrons. The molecule has 2 aromatic heterocycles. The summed E-state index contributed by atoms with van der Waals surface area (Å²) in [5.41, 5.74) is 4.83. The molecule has 8 heteroatoms. The maximum absolute atomic E-state index is 12.6. The van der Waals surface area contributed by atoms with E-state index in [0.29, 0.717) is 21.6 Å². The standard InChI is InChI=1S/C27H30N4O2S2/c1-5-27(2,3)20-8-11-22-18(13-20)12-19(14-28)25(29-22)34-16-24(32)31-26-30-23(15-35-26)17-6-9-21(33-4)10-7-17/h6-7,9-10,12,15,20H,5,8,11,13,16H2,1-4H3,(H,30,31,32)/t20-/m0/s1. The summed E-state index contributed by atoms with van der Waals surface area (Å²) in [6, 6.07) is 11.9. The lowest BCUT2D eigenvalue weighted by Gasteiger charge is -2.37. The van der Waals surface area contributed by atoms with Gasteiger partial charge in [0, 0.05) is 16.6 Å². The van der Waals surface area contributed by atoms with Crippen molar-refractivity contribution in [2.45, 2.75) is 51.5 Å². The highest BCUT2D eigenvalue weighted by atomic mass is 32.2. The van der Waals surface area contributed by atoms with Crippen molar-refractivity contribution in [3.05, 3.63) is 52.5 Å². The fraction of sp³-hybridized carbons (Fsp3) is 0.407. The van der Waals surface area contributed by atoms with Crippen molar-refractivity contribution in [2.24, 2.45) is 11.3 Å². The molecule has 35 heavy (non-hydrogen) atoms. The van der Waals surface area contributed by atoms with Crippen LogP contribution in [0, 0.1) is 22.7 Å². The predicted molar refractivity (Wildman–Crippen MR) is 142 cm³/mol. The molecular weight excluding hydrogens is 476 g/mol. The summed E-state index contributed by atoms with van der Waals surface area (Å²) < 4.78 is 5.19. The molecule has 1 aliphatic carbocycles. The van der Waals surface area contributed by atoms with Gasteiger partial charge in [0.2, 0.25) is 5.91 Å². The first-order valence-corrected chi connectivity index (χ1v) is 13.6. The molecule has 0 fully saturated rings. The van der Waals surface area contributed by atoms with Crippen molar-refractivity contribution in [1.29, 1.82) is 5.26 Å². The van der Waals surface area contributed by atoms with E-state index in [1.54, 1.807) is 7.11 Å². The van der Waals surface area contributed by atoms with Crippen molar-refractivity contribution in [3.8, 4) is 23.1 Å². The largest absolute Gasteiger partial charge is 0.497 e. The summed E-state index contributed by atoms with van der Waals surface area (Å²) in [6.07, 6.45) is 4.12. The summed E-state index contributed by atoms with van der Waals surface area (Å²) in [6.45, 7) is 6.89. The molecule has 0 saturated heterocycles. The highest BCUT2D eigenvalue weighted by molar-refractivity contribution is 8.00. The van der Waals surface area contributed by atoms with E-state index < -0.39 is 0 Å². The molecule has 4 rings (SSSR count). The summed E-state index contributed by atoms with van der Waals surface area (Å²) in [5.74, 6) is 1.38. The van der Waals surface area contributed by atoms with Gasteiger partial charge in [0.1, 0.15) is 16.8 Å². The number of nitrogens with zero attached hydrogens (tertiary/aromatic N) is 3. The zero-order valence-corrected chi connectivity index (χ0v) is 22.2. The second-order valence-corrected chi connectivity index (χ2v) is 11.3. The van der Waals surface area contributed by atoms with Crippen molar-refractivity contribution >= 4 is 34.1 Å². The Bertz CT molecular complexity index is 1250. The quantitative estimate of drug-likeness (QED) is 0.358. The van der Waals surface area contributed by atoms with Crippen LogP contribution >= 0.6 is 23.1 Å². The fourth-order valence-electron chi connectivity index (χ4n) is 4.31. The van der Waals surface area contributed by atoms with Crippen LogP contribution in [0.4, 0.5) is 5.13 Å². The SMILES string of the molecule is CCC(C)(C)[C@H]1CCc2nc(SCC(=O)Nc3nc(-c4ccc(OC)cc4)cs3)c(C#N)cc2C1. The Balaban J connectivity index is 1.39. The maximum atomic E-state index is 12.6. The number of nitrogens with one attached hydrogen (secondary N) is 1. The smallest absolute Gasteiger partial charge is 0.236 e. The van der Waals surface area contributed by atoms with Crippen LogP contribution < -0.4 is 10.1 Å². The Kier molecular flexibility index (Phi) is 7.78. The molecule has 1 aliphatic rings. The minimum atomic E-state index is -0.168. The highest BCUT2D eigenvalue weighted by Crippen LogP contribution is 2.40. The third-order valence-electron chi connectivity index (χ3n) is 6.97. The average Bonchev–Trinajstić information content (AvgIpc) is 3.34. The highest BCUT2D eigenvalue weighted by Gasteiger charge is 2.32. The minimum Gasteiger partial charge on any atom is -0.497 e. The van der Waals surface area contributed by atoms with Crippen molar-refractivity contribution in [2.75, 3.05) is 18.2 Å². The number of amides is 1. The number of fused-ring (bicyclic) bond motifs is 1. The van der Waals surface area contributed by atoms with Gasteiger partial charge in [0.25, 0.3) is 0 Å². The second-order valence-electron chi connectivity index (χ2n) is 9.44. The molecule has 1 atom stereocenters. The minimum absolute atomic E-state index is 0.168. The maximum Gasteiger partial charge on any atom is 0.236 e. The van der Waals surface area contributed by atoms with Crippen LogP contribution in [-0.2, 0) is 17.6 Å². The van der Waals surface area contributed by atoms with Crippen LogP contribution in [0.2, 0.25) is 0 Å². The first-order chi connectivity index (χ1) is 16.8. The van der Waals surface area contributed by atoms with E-state index in [4.69, 9.17) is 9.72 Å². The molecule has 0 saturated carbocycles. The van der Waals surface area contributed by atoms with Gasteiger partial charge in [-0.15, -0.1) is 11.3 Å². The molecule has 1 amide bonds. The Morgan fingerprint density at radius 1 is 1.31 bits per heavy atom. The zero-order valence-electron chi connectivity index (χ0n) is 20.6. The number of aryl methyl sites for hydroxylation is 1. The van der Waals surface area contributed by atoms with E-state index >= 15 is 0 Å². The zero-order chi connectivity index (χ0) is 25.0. The van der Waals surface area contributed by atoms with E-state index in [-0.39, 0.29) is 17.1 Å². The summed E-state index contributed by atoms with van der Waals surface area (Å²) in [7, 11) is 1.63. The van der Waals surface area contributed by atoms with Crippen molar-refractivity contribution in [3.63, 3.8) is 0 Å². The molecule has 2 heterocycles. The number of hydrogen-bond donors (Lipinski definition) is 1. The van der Waals surface area contributed by atoms with E-state index in [1.165, 1.54) is 28.7 Å². The molecule has 0 bridgehead atoms. The van der Waals surface area contributed by atoms with Crippen LogP contribution in [0.5, 0.6) is 5.75 Å². The third-order valence-corrected chi connectivity index (χ3v) is 8.71. The van der Waals surface area contributed by atoms with Crippen LogP contribution in [0.1, 0.15) is 50.4 Å². The number of benzene rings is 1. The first-order valence-electron chi connectivity index (χ1n) is 11.8. The lowest BCUT2D eigenvalue weighted by molar-refractivity contribution is -0.113. The number of thiazole rings is 1. The van der Waals surface area contributed by atoms with Gasteiger partial charge < -0.3 is 10.1 Å². The first kappa shape index (κ1) is 25.2. The van der Waals surface area contributed by atoms with Crippen LogP contribution in [-0.4, -0.2) is 28.7 Å². The molecule has 0 unspecified atom stereocenters. The average molecular weight is 507 g/mol. The number of carbonyl (C=O) groups is 1. The molecule has 1 aromatic carbocycles. The van der Waals surface area contributed by atoms with Gasteiger partial charge in [0.15, 0.2) is 5.13 Å². The molecule has 0 aliphatic heterocycles. The number of carbonyl (C=O) groups excluding carboxylic acids is 1. The molecule has 6 nitrogen and oxygen atoms in total. The summed E-state index contributed by atoms with van der Waals surface area (Å²) in [5, 5.41) is 15.7. The summed E-state index contributed by atoms with van der Waals surface area (Å²) >= 11 is 2.69. The fourth-order valence-corrected chi connectivity index (χ4v) is 5.82. The molecule has 1 N–H and O–H groups in total. The van der Waals surface area contributed by atoms with Gasteiger partial charge in [-0.1, -0.05) is 39.0 Å². The number of pyridine rings is 1. The van der Waals surface area contributed by atoms with Gasteiger partial charge >= 0.3 is 0 Å². The number of rotatable bonds is 8. The summed E-state index contributed by atoms with van der Waals surface area (Å²) in [4.78, 5) is 21.9. The van der Waals surface area contributed by atoms with Gasteiger partial charge in [-0.25, -0.2) is 9.97 Å². The van der Waals surface area contributed by atoms with Crippen molar-refractivity contribution in [1.82, 2.24) is 9.97 Å². The van der Waals surface area contributed by atoms with Gasteiger partial charge in [-0.05, 0) is 66.5 Å². The van der Waals surface area contributed by atoms with Crippen LogP contribution in [0.25, 0.3) is 11.3 Å². The van der Waals surface area contributed by atoms with E-state index in [9.17, 15) is 10.1 Å². The molecule has 3 aromatic rings. The Hall–Kier alpha value is -2.89.